The molecule has 1 unspecified atom stereocenters. The van der Waals surface area contributed by atoms with Crippen LogP contribution in [0.2, 0.25) is 0 Å². The second-order valence-electron chi connectivity index (χ2n) is 4.32. The number of benzene rings is 1. The molecule has 1 rings (SSSR count). The molecular weight excluding hydrogens is 348 g/mol. The first-order chi connectivity index (χ1) is 9.24. The molecule has 0 aliphatic carbocycles. The highest BCUT2D eigenvalue weighted by molar-refractivity contribution is 9.10. The standard InChI is InChI=1S/C12H17BrN2O4S/c1-8(19-2)3-6-12(16)15-11-5-4-9(7-10(11)13)20(14,17)18/h4-5,7-8H,3,6H2,1-2H3,(H,15,16)(H2,14,17,18). The summed E-state index contributed by atoms with van der Waals surface area (Å²) in [5.74, 6) is -0.169. The summed E-state index contributed by atoms with van der Waals surface area (Å²) in [5.41, 5.74) is 0.493. The Hall–Kier alpha value is -0.960. The van der Waals surface area contributed by atoms with E-state index < -0.39 is 10.0 Å². The van der Waals surface area contributed by atoms with E-state index in [1.54, 1.807) is 7.11 Å². The van der Waals surface area contributed by atoms with Crippen LogP contribution in [0.15, 0.2) is 27.6 Å². The molecule has 0 fully saturated rings. The van der Waals surface area contributed by atoms with Gasteiger partial charge in [0.25, 0.3) is 0 Å². The highest BCUT2D eigenvalue weighted by Crippen LogP contribution is 2.25. The summed E-state index contributed by atoms with van der Waals surface area (Å²) in [5, 5.41) is 7.71. The Morgan fingerprint density at radius 1 is 1.50 bits per heavy atom. The molecule has 112 valence electrons. The number of rotatable bonds is 6. The molecule has 1 aromatic rings. The van der Waals surface area contributed by atoms with Gasteiger partial charge >= 0.3 is 0 Å². The maximum atomic E-state index is 11.7. The van der Waals surface area contributed by atoms with Gasteiger partial charge in [0, 0.05) is 18.0 Å². The van der Waals surface area contributed by atoms with E-state index in [1.165, 1.54) is 18.2 Å². The number of methoxy groups -OCH3 is 1. The van der Waals surface area contributed by atoms with Crippen molar-refractivity contribution in [2.75, 3.05) is 12.4 Å². The number of ether oxygens (including phenoxy) is 1. The molecular formula is C12H17BrN2O4S. The number of sulfonamides is 1. The van der Waals surface area contributed by atoms with E-state index in [4.69, 9.17) is 9.88 Å². The molecule has 1 aromatic carbocycles. The van der Waals surface area contributed by atoms with Crippen LogP contribution in [0.5, 0.6) is 0 Å². The van der Waals surface area contributed by atoms with Gasteiger partial charge < -0.3 is 10.1 Å². The summed E-state index contributed by atoms with van der Waals surface area (Å²) in [6, 6.07) is 4.18. The summed E-state index contributed by atoms with van der Waals surface area (Å²) in [4.78, 5) is 11.7. The molecule has 20 heavy (non-hydrogen) atoms. The fourth-order valence-corrected chi connectivity index (χ4v) is 2.61. The van der Waals surface area contributed by atoms with Crippen molar-refractivity contribution >= 4 is 37.5 Å². The maximum absolute atomic E-state index is 11.7. The quantitative estimate of drug-likeness (QED) is 0.804. The molecule has 8 heteroatoms. The van der Waals surface area contributed by atoms with E-state index in [-0.39, 0.29) is 16.9 Å². The van der Waals surface area contributed by atoms with Gasteiger partial charge in [-0.15, -0.1) is 0 Å². The van der Waals surface area contributed by atoms with Crippen LogP contribution in [0.4, 0.5) is 5.69 Å². The largest absolute Gasteiger partial charge is 0.382 e. The van der Waals surface area contributed by atoms with Gasteiger partial charge in [0.2, 0.25) is 15.9 Å². The lowest BCUT2D eigenvalue weighted by Gasteiger charge is -2.11. The van der Waals surface area contributed by atoms with Crippen LogP contribution in [0.3, 0.4) is 0 Å². The summed E-state index contributed by atoms with van der Waals surface area (Å²) in [6.07, 6.45) is 0.932. The molecule has 1 atom stereocenters. The zero-order chi connectivity index (χ0) is 15.3. The number of amides is 1. The first-order valence-electron chi connectivity index (χ1n) is 5.89. The molecule has 0 heterocycles. The Morgan fingerprint density at radius 3 is 2.65 bits per heavy atom. The van der Waals surface area contributed by atoms with Gasteiger partial charge in [-0.05, 0) is 47.5 Å². The minimum absolute atomic E-state index is 0.00829. The SMILES string of the molecule is COC(C)CCC(=O)Nc1ccc(S(N)(=O)=O)cc1Br. The number of carbonyl (C=O) groups excluding carboxylic acids is 1. The lowest BCUT2D eigenvalue weighted by Crippen LogP contribution is -2.16. The second kappa shape index (κ2) is 7.16. The number of hydrogen-bond donors (Lipinski definition) is 2. The van der Waals surface area contributed by atoms with E-state index in [0.29, 0.717) is 23.0 Å². The van der Waals surface area contributed by atoms with Crippen molar-refractivity contribution in [1.82, 2.24) is 0 Å². The Kier molecular flexibility index (Phi) is 6.12. The molecule has 0 radical (unpaired) electrons. The van der Waals surface area contributed by atoms with Gasteiger partial charge in [-0.2, -0.15) is 0 Å². The third-order valence-corrected chi connectivity index (χ3v) is 4.29. The summed E-state index contributed by atoms with van der Waals surface area (Å²) in [7, 11) is -2.17. The average Bonchev–Trinajstić information content (AvgIpc) is 2.37. The van der Waals surface area contributed by atoms with Crippen LogP contribution < -0.4 is 10.5 Å². The molecule has 0 saturated heterocycles. The molecule has 3 N–H and O–H groups in total. The molecule has 6 nitrogen and oxygen atoms in total. The van der Waals surface area contributed by atoms with Crippen molar-refractivity contribution in [2.45, 2.75) is 30.8 Å². The van der Waals surface area contributed by atoms with E-state index >= 15 is 0 Å². The fraction of sp³-hybridized carbons (Fsp3) is 0.417. The summed E-state index contributed by atoms with van der Waals surface area (Å²) < 4.78 is 27.9. The molecule has 0 aliphatic heterocycles. The third-order valence-electron chi connectivity index (χ3n) is 2.72. The van der Waals surface area contributed by atoms with Gasteiger partial charge in [-0.25, -0.2) is 13.6 Å². The number of nitrogens with one attached hydrogen (secondary N) is 1. The lowest BCUT2D eigenvalue weighted by molar-refractivity contribution is -0.116. The van der Waals surface area contributed by atoms with Crippen molar-refractivity contribution in [2.24, 2.45) is 5.14 Å². The van der Waals surface area contributed by atoms with Gasteiger partial charge in [0.1, 0.15) is 0 Å². The monoisotopic (exact) mass is 364 g/mol. The number of halogens is 1. The summed E-state index contributed by atoms with van der Waals surface area (Å²) in [6.45, 7) is 1.88. The number of anilines is 1. The zero-order valence-electron chi connectivity index (χ0n) is 11.2. The van der Waals surface area contributed by atoms with Crippen molar-refractivity contribution in [3.05, 3.63) is 22.7 Å². The summed E-state index contributed by atoms with van der Waals surface area (Å²) >= 11 is 3.20. The molecule has 1 amide bonds. The van der Waals surface area contributed by atoms with Crippen LogP contribution in [0.1, 0.15) is 19.8 Å². The van der Waals surface area contributed by atoms with Gasteiger partial charge in [-0.1, -0.05) is 0 Å². The van der Waals surface area contributed by atoms with Crippen molar-refractivity contribution < 1.29 is 17.9 Å². The van der Waals surface area contributed by atoms with Crippen LogP contribution in [-0.2, 0) is 19.6 Å². The Bertz CT molecular complexity index is 589. The Balaban J connectivity index is 2.72. The minimum Gasteiger partial charge on any atom is -0.382 e. The number of primary sulfonamides is 1. The Labute approximate surface area is 126 Å². The predicted octanol–water partition coefficient (Wildman–Crippen LogP) is 1.85. The van der Waals surface area contributed by atoms with Crippen molar-refractivity contribution in [1.29, 1.82) is 0 Å². The maximum Gasteiger partial charge on any atom is 0.238 e. The first-order valence-corrected chi connectivity index (χ1v) is 8.23. The smallest absolute Gasteiger partial charge is 0.238 e. The van der Waals surface area contributed by atoms with Crippen LogP contribution in [-0.4, -0.2) is 27.5 Å². The van der Waals surface area contributed by atoms with Gasteiger partial charge in [0.15, 0.2) is 0 Å². The number of carbonyl (C=O) groups is 1. The first kappa shape index (κ1) is 17.1. The van der Waals surface area contributed by atoms with E-state index in [9.17, 15) is 13.2 Å². The van der Waals surface area contributed by atoms with Crippen molar-refractivity contribution in [3.8, 4) is 0 Å². The van der Waals surface area contributed by atoms with Crippen LogP contribution in [0.25, 0.3) is 0 Å². The second-order valence-corrected chi connectivity index (χ2v) is 6.74. The highest BCUT2D eigenvalue weighted by atomic mass is 79.9. The van der Waals surface area contributed by atoms with Crippen LogP contribution >= 0.6 is 15.9 Å². The van der Waals surface area contributed by atoms with Crippen molar-refractivity contribution in [3.63, 3.8) is 0 Å². The van der Waals surface area contributed by atoms with Crippen LogP contribution in [0, 0.1) is 0 Å². The topological polar surface area (TPSA) is 98.5 Å². The molecule has 0 saturated carbocycles. The van der Waals surface area contributed by atoms with Gasteiger partial charge in [-0.3, -0.25) is 4.79 Å². The fourth-order valence-electron chi connectivity index (χ4n) is 1.44. The molecule has 0 aliphatic rings. The average molecular weight is 365 g/mol. The minimum atomic E-state index is -3.75. The Morgan fingerprint density at radius 2 is 2.15 bits per heavy atom. The zero-order valence-corrected chi connectivity index (χ0v) is 13.6. The lowest BCUT2D eigenvalue weighted by atomic mass is 10.2. The van der Waals surface area contributed by atoms with E-state index in [0.717, 1.165) is 0 Å². The number of hydrogen-bond acceptors (Lipinski definition) is 4. The van der Waals surface area contributed by atoms with Gasteiger partial charge in [0.05, 0.1) is 16.7 Å². The predicted molar refractivity (Wildman–Crippen MR) is 79.8 cm³/mol. The third kappa shape index (κ3) is 5.20. The highest BCUT2D eigenvalue weighted by Gasteiger charge is 2.12. The van der Waals surface area contributed by atoms with E-state index in [1.807, 2.05) is 6.92 Å². The number of nitrogens with two attached hydrogens (primary N) is 1. The molecule has 0 aromatic heterocycles. The molecule has 0 spiro atoms. The molecule has 0 bridgehead atoms. The normalized spacial score (nSPS) is 13.0. The van der Waals surface area contributed by atoms with E-state index in [2.05, 4.69) is 21.2 Å².